The number of carbonyl (C=O) groups excluding carboxylic acids is 1. The first kappa shape index (κ1) is 16.1. The zero-order valence-corrected chi connectivity index (χ0v) is 12.2. The van der Waals surface area contributed by atoms with Gasteiger partial charge >= 0.3 is 0 Å². The van der Waals surface area contributed by atoms with Crippen LogP contribution in [0.3, 0.4) is 0 Å². The standard InChI is InChI=1S/C14H18N4O4/c19-14(5-6-17-7-9-22-10-8-17)16-15-11-12-1-3-13(4-2-12)18(20)21/h1-4,11H,5-10H2,(H,16,19)/p+1/b15-11-. The molecular formula is C14H19N4O4+. The third-order valence-electron chi connectivity index (χ3n) is 3.41. The van der Waals surface area contributed by atoms with Crippen LogP contribution in [0.25, 0.3) is 0 Å². The van der Waals surface area contributed by atoms with Crippen molar-refractivity contribution in [2.24, 2.45) is 5.10 Å². The van der Waals surface area contributed by atoms with E-state index in [1.54, 1.807) is 12.1 Å². The molecule has 8 nitrogen and oxygen atoms in total. The van der Waals surface area contributed by atoms with Gasteiger partial charge in [0.15, 0.2) is 0 Å². The van der Waals surface area contributed by atoms with E-state index in [1.165, 1.54) is 23.2 Å². The number of nitro groups is 1. The van der Waals surface area contributed by atoms with Crippen LogP contribution < -0.4 is 10.3 Å². The maximum atomic E-state index is 11.7. The van der Waals surface area contributed by atoms with E-state index < -0.39 is 4.92 Å². The second-order valence-electron chi connectivity index (χ2n) is 5.00. The van der Waals surface area contributed by atoms with Gasteiger partial charge in [0.05, 0.1) is 37.3 Å². The number of hydrogen-bond donors (Lipinski definition) is 2. The average Bonchev–Trinajstić information content (AvgIpc) is 2.54. The highest BCUT2D eigenvalue weighted by Gasteiger charge is 2.14. The second kappa shape index (κ2) is 8.20. The van der Waals surface area contributed by atoms with E-state index in [9.17, 15) is 14.9 Å². The Kier molecular flexibility index (Phi) is 5.99. The van der Waals surface area contributed by atoms with E-state index in [0.717, 1.165) is 32.8 Å². The molecule has 0 unspecified atom stereocenters. The Hall–Kier alpha value is -2.32. The summed E-state index contributed by atoms with van der Waals surface area (Å²) in [5, 5.41) is 14.4. The fourth-order valence-corrected chi connectivity index (χ4v) is 2.12. The number of ether oxygens (including phenoxy) is 1. The Morgan fingerprint density at radius 2 is 2.05 bits per heavy atom. The summed E-state index contributed by atoms with van der Waals surface area (Å²) in [5.74, 6) is -0.142. The summed E-state index contributed by atoms with van der Waals surface area (Å²) < 4.78 is 5.26. The van der Waals surface area contributed by atoms with Gasteiger partial charge in [-0.1, -0.05) is 0 Å². The SMILES string of the molecule is O=C(CC[NH+]1CCOCC1)N/N=C\c1ccc([N+](=O)[O-])cc1. The molecule has 1 aliphatic heterocycles. The summed E-state index contributed by atoms with van der Waals surface area (Å²) in [4.78, 5) is 23.1. The number of rotatable bonds is 6. The second-order valence-corrected chi connectivity index (χ2v) is 5.00. The molecule has 1 aromatic rings. The summed E-state index contributed by atoms with van der Waals surface area (Å²) in [7, 11) is 0. The van der Waals surface area contributed by atoms with E-state index in [2.05, 4.69) is 10.5 Å². The molecule has 0 aliphatic carbocycles. The largest absolute Gasteiger partial charge is 0.370 e. The van der Waals surface area contributed by atoms with Crippen molar-refractivity contribution in [3.63, 3.8) is 0 Å². The molecule has 118 valence electrons. The van der Waals surface area contributed by atoms with E-state index in [1.807, 2.05) is 0 Å². The average molecular weight is 307 g/mol. The lowest BCUT2D eigenvalue weighted by Crippen LogP contribution is -3.14. The molecule has 1 aromatic carbocycles. The molecule has 2 N–H and O–H groups in total. The number of non-ortho nitro benzene ring substituents is 1. The van der Waals surface area contributed by atoms with Crippen LogP contribution in [0.4, 0.5) is 5.69 Å². The first-order chi connectivity index (χ1) is 10.6. The number of nitro benzene ring substituents is 1. The van der Waals surface area contributed by atoms with E-state index >= 15 is 0 Å². The maximum Gasteiger partial charge on any atom is 0.269 e. The van der Waals surface area contributed by atoms with Gasteiger partial charge in [0.2, 0.25) is 5.91 Å². The number of hydrogen-bond acceptors (Lipinski definition) is 5. The fourth-order valence-electron chi connectivity index (χ4n) is 2.12. The van der Waals surface area contributed by atoms with Crippen molar-refractivity contribution in [3.05, 3.63) is 39.9 Å². The molecule has 0 atom stereocenters. The van der Waals surface area contributed by atoms with Crippen molar-refractivity contribution < 1.29 is 19.4 Å². The zero-order valence-electron chi connectivity index (χ0n) is 12.2. The van der Waals surface area contributed by atoms with Crippen molar-refractivity contribution >= 4 is 17.8 Å². The molecule has 1 aliphatic rings. The summed E-state index contributed by atoms with van der Waals surface area (Å²) in [6.45, 7) is 4.12. The summed E-state index contributed by atoms with van der Waals surface area (Å²) in [6, 6.07) is 5.94. The van der Waals surface area contributed by atoms with Gasteiger partial charge in [-0.25, -0.2) is 5.43 Å². The van der Waals surface area contributed by atoms with Crippen LogP contribution in [-0.2, 0) is 9.53 Å². The number of amides is 1. The summed E-state index contributed by atoms with van der Waals surface area (Å²) in [6.07, 6.45) is 1.87. The van der Waals surface area contributed by atoms with Crippen LogP contribution in [0.5, 0.6) is 0 Å². The van der Waals surface area contributed by atoms with Crippen molar-refractivity contribution in [2.45, 2.75) is 6.42 Å². The predicted molar refractivity (Wildman–Crippen MR) is 79.8 cm³/mol. The zero-order chi connectivity index (χ0) is 15.8. The molecule has 0 radical (unpaired) electrons. The summed E-state index contributed by atoms with van der Waals surface area (Å²) in [5.41, 5.74) is 3.17. The lowest BCUT2D eigenvalue weighted by molar-refractivity contribution is -0.907. The highest BCUT2D eigenvalue weighted by molar-refractivity contribution is 5.82. The van der Waals surface area contributed by atoms with E-state index in [0.29, 0.717) is 12.0 Å². The third-order valence-corrected chi connectivity index (χ3v) is 3.41. The van der Waals surface area contributed by atoms with Gasteiger partial charge in [-0.3, -0.25) is 14.9 Å². The fraction of sp³-hybridized carbons (Fsp3) is 0.429. The van der Waals surface area contributed by atoms with Gasteiger partial charge in [-0.2, -0.15) is 5.10 Å². The highest BCUT2D eigenvalue weighted by atomic mass is 16.6. The number of quaternary nitrogens is 1. The molecule has 0 bridgehead atoms. The van der Waals surface area contributed by atoms with Crippen LogP contribution in [0.2, 0.25) is 0 Å². The third kappa shape index (κ3) is 5.23. The number of nitrogens with one attached hydrogen (secondary N) is 2. The Morgan fingerprint density at radius 1 is 1.36 bits per heavy atom. The van der Waals surface area contributed by atoms with E-state index in [4.69, 9.17) is 4.74 Å². The Bertz CT molecular complexity index is 538. The minimum Gasteiger partial charge on any atom is -0.370 e. The van der Waals surface area contributed by atoms with Crippen molar-refractivity contribution in [2.75, 3.05) is 32.8 Å². The van der Waals surface area contributed by atoms with Gasteiger partial charge in [0.25, 0.3) is 5.69 Å². The van der Waals surface area contributed by atoms with Gasteiger partial charge in [0, 0.05) is 12.1 Å². The lowest BCUT2D eigenvalue weighted by atomic mass is 10.2. The molecule has 22 heavy (non-hydrogen) atoms. The number of morpholine rings is 1. The van der Waals surface area contributed by atoms with Crippen LogP contribution >= 0.6 is 0 Å². The quantitative estimate of drug-likeness (QED) is 0.414. The topological polar surface area (TPSA) is 98.3 Å². The van der Waals surface area contributed by atoms with Crippen LogP contribution in [0.15, 0.2) is 29.4 Å². The smallest absolute Gasteiger partial charge is 0.269 e. The number of carbonyl (C=O) groups is 1. The van der Waals surface area contributed by atoms with Gasteiger partial charge in [-0.05, 0) is 17.7 Å². The Balaban J connectivity index is 1.71. The lowest BCUT2D eigenvalue weighted by Gasteiger charge is -2.23. The molecular weight excluding hydrogens is 288 g/mol. The van der Waals surface area contributed by atoms with Crippen molar-refractivity contribution in [1.82, 2.24) is 5.43 Å². The Morgan fingerprint density at radius 3 is 2.68 bits per heavy atom. The van der Waals surface area contributed by atoms with Crippen molar-refractivity contribution in [1.29, 1.82) is 0 Å². The molecule has 1 amide bonds. The molecule has 1 saturated heterocycles. The summed E-state index contributed by atoms with van der Waals surface area (Å²) >= 11 is 0. The van der Waals surface area contributed by atoms with Crippen LogP contribution in [0, 0.1) is 10.1 Å². The van der Waals surface area contributed by atoms with Crippen LogP contribution in [0.1, 0.15) is 12.0 Å². The predicted octanol–water partition coefficient (Wildman–Crippen LogP) is -0.650. The molecule has 8 heteroatoms. The highest BCUT2D eigenvalue weighted by Crippen LogP contribution is 2.10. The molecule has 0 spiro atoms. The maximum absolute atomic E-state index is 11.7. The molecule has 1 heterocycles. The normalized spacial score (nSPS) is 15.8. The minimum atomic E-state index is -0.462. The molecule has 0 aromatic heterocycles. The van der Waals surface area contributed by atoms with Gasteiger partial charge in [-0.15, -0.1) is 0 Å². The molecule has 0 saturated carbocycles. The van der Waals surface area contributed by atoms with Gasteiger partial charge in [0.1, 0.15) is 13.1 Å². The monoisotopic (exact) mass is 307 g/mol. The number of nitrogens with zero attached hydrogens (tertiary/aromatic N) is 2. The molecule has 2 rings (SSSR count). The molecule has 1 fully saturated rings. The first-order valence-electron chi connectivity index (χ1n) is 7.13. The van der Waals surface area contributed by atoms with E-state index in [-0.39, 0.29) is 11.6 Å². The first-order valence-corrected chi connectivity index (χ1v) is 7.13. The number of benzene rings is 1. The minimum absolute atomic E-state index is 0.0228. The number of hydrazone groups is 1. The van der Waals surface area contributed by atoms with Gasteiger partial charge < -0.3 is 9.64 Å². The Labute approximate surface area is 127 Å². The van der Waals surface area contributed by atoms with Crippen molar-refractivity contribution in [3.8, 4) is 0 Å². The van der Waals surface area contributed by atoms with Crippen LogP contribution in [-0.4, -0.2) is 49.9 Å².